The highest BCUT2D eigenvalue weighted by Gasteiger charge is 2.37. The molecule has 2 fully saturated rings. The van der Waals surface area contributed by atoms with E-state index in [-0.39, 0.29) is 23.9 Å². The molecule has 0 N–H and O–H groups in total. The molecule has 7 nitrogen and oxygen atoms in total. The van der Waals surface area contributed by atoms with Crippen LogP contribution in [0.3, 0.4) is 0 Å². The Kier molecular flexibility index (Phi) is 3.88. The Morgan fingerprint density at radius 1 is 1.22 bits per heavy atom. The average molecular weight is 318 g/mol. The van der Waals surface area contributed by atoms with E-state index in [1.807, 2.05) is 0 Å². The molecule has 0 spiro atoms. The third kappa shape index (κ3) is 2.77. The van der Waals surface area contributed by atoms with Crippen LogP contribution in [0.5, 0.6) is 0 Å². The lowest BCUT2D eigenvalue weighted by atomic mass is 10.0. The Morgan fingerprint density at radius 2 is 2.09 bits per heavy atom. The fraction of sp³-hybridized carbons (Fsp3) is 0.500. The number of carbonyl (C=O) groups is 1. The van der Waals surface area contributed by atoms with E-state index in [4.69, 9.17) is 18.4 Å². The van der Waals surface area contributed by atoms with Gasteiger partial charge in [-0.3, -0.25) is 4.79 Å². The third-order valence-corrected chi connectivity index (χ3v) is 4.27. The summed E-state index contributed by atoms with van der Waals surface area (Å²) >= 11 is 0. The third-order valence-electron chi connectivity index (χ3n) is 4.27. The van der Waals surface area contributed by atoms with Crippen LogP contribution in [0, 0.1) is 0 Å². The van der Waals surface area contributed by atoms with E-state index in [1.54, 1.807) is 29.4 Å². The largest absolute Gasteiger partial charge is 0.461 e. The molecule has 0 saturated carbocycles. The van der Waals surface area contributed by atoms with Gasteiger partial charge in [0.05, 0.1) is 25.5 Å². The van der Waals surface area contributed by atoms with Crippen LogP contribution in [0.2, 0.25) is 0 Å². The number of piperidine rings is 1. The van der Waals surface area contributed by atoms with Crippen LogP contribution in [0.15, 0.2) is 33.4 Å². The molecule has 2 aromatic heterocycles. The highest BCUT2D eigenvalue weighted by molar-refractivity contribution is 5.93. The van der Waals surface area contributed by atoms with Crippen LogP contribution in [-0.4, -0.2) is 48.1 Å². The van der Waals surface area contributed by atoms with Crippen molar-refractivity contribution in [3.05, 3.63) is 30.2 Å². The van der Waals surface area contributed by atoms with Crippen LogP contribution in [0.25, 0.3) is 11.5 Å². The molecule has 0 aromatic carbocycles. The molecule has 1 unspecified atom stereocenters. The molecule has 7 heteroatoms. The quantitative estimate of drug-likeness (QED) is 0.864. The normalized spacial score (nSPS) is 22.6. The van der Waals surface area contributed by atoms with Gasteiger partial charge in [-0.05, 0) is 31.4 Å². The van der Waals surface area contributed by atoms with Crippen molar-refractivity contribution in [3.8, 4) is 11.5 Å². The van der Waals surface area contributed by atoms with Crippen molar-refractivity contribution in [2.24, 2.45) is 0 Å². The zero-order valence-corrected chi connectivity index (χ0v) is 12.6. The Labute approximate surface area is 133 Å². The highest BCUT2D eigenvalue weighted by Crippen LogP contribution is 2.27. The fourth-order valence-electron chi connectivity index (χ4n) is 3.15. The van der Waals surface area contributed by atoms with Gasteiger partial charge < -0.3 is 23.3 Å². The van der Waals surface area contributed by atoms with E-state index in [2.05, 4.69) is 5.16 Å². The maximum absolute atomic E-state index is 12.8. The van der Waals surface area contributed by atoms with Gasteiger partial charge in [-0.2, -0.15) is 0 Å². The molecule has 0 bridgehead atoms. The van der Waals surface area contributed by atoms with Crippen LogP contribution in [-0.2, 0) is 9.47 Å². The summed E-state index contributed by atoms with van der Waals surface area (Å²) in [5.41, 5.74) is 0.279. The zero-order valence-electron chi connectivity index (χ0n) is 12.6. The van der Waals surface area contributed by atoms with Gasteiger partial charge in [0.1, 0.15) is 0 Å². The van der Waals surface area contributed by atoms with Crippen molar-refractivity contribution in [1.29, 1.82) is 0 Å². The Balaban J connectivity index is 1.54. The summed E-state index contributed by atoms with van der Waals surface area (Å²) in [6.07, 6.45) is 4.12. The second-order valence-electron chi connectivity index (χ2n) is 5.73. The van der Waals surface area contributed by atoms with E-state index < -0.39 is 0 Å². The lowest BCUT2D eigenvalue weighted by molar-refractivity contribution is -0.100. The number of rotatable bonds is 3. The van der Waals surface area contributed by atoms with Gasteiger partial charge in [0.15, 0.2) is 17.7 Å². The van der Waals surface area contributed by atoms with Crippen molar-refractivity contribution in [2.75, 3.05) is 19.8 Å². The first kappa shape index (κ1) is 14.5. The monoisotopic (exact) mass is 318 g/mol. The second-order valence-corrected chi connectivity index (χ2v) is 5.73. The molecule has 0 aliphatic carbocycles. The van der Waals surface area contributed by atoms with Crippen molar-refractivity contribution >= 4 is 5.91 Å². The number of hydrogen-bond donors (Lipinski definition) is 0. The summed E-state index contributed by atoms with van der Waals surface area (Å²) in [6, 6.07) is 5.07. The predicted molar refractivity (Wildman–Crippen MR) is 78.6 cm³/mol. The van der Waals surface area contributed by atoms with Gasteiger partial charge in [-0.1, -0.05) is 5.16 Å². The van der Waals surface area contributed by atoms with Gasteiger partial charge in [0.25, 0.3) is 5.91 Å². The summed E-state index contributed by atoms with van der Waals surface area (Å²) in [6.45, 7) is 1.83. The summed E-state index contributed by atoms with van der Waals surface area (Å²) in [7, 11) is 0. The van der Waals surface area contributed by atoms with Crippen molar-refractivity contribution in [3.63, 3.8) is 0 Å². The number of aromatic nitrogens is 1. The molecule has 1 atom stereocenters. The topological polar surface area (TPSA) is 77.9 Å². The number of hydrogen-bond acceptors (Lipinski definition) is 6. The molecule has 1 amide bonds. The minimum Gasteiger partial charge on any atom is -0.461 e. The predicted octanol–water partition coefficient (Wildman–Crippen LogP) is 2.30. The number of carbonyl (C=O) groups excluding carboxylic acids is 1. The van der Waals surface area contributed by atoms with Crippen LogP contribution >= 0.6 is 0 Å². The molecule has 2 aliphatic heterocycles. The fourth-order valence-corrected chi connectivity index (χ4v) is 3.15. The lowest BCUT2D eigenvalue weighted by Gasteiger charge is -2.37. The van der Waals surface area contributed by atoms with Crippen molar-refractivity contribution in [2.45, 2.75) is 31.6 Å². The number of ether oxygens (including phenoxy) is 2. The van der Waals surface area contributed by atoms with Crippen LogP contribution in [0.1, 0.15) is 29.8 Å². The van der Waals surface area contributed by atoms with E-state index in [0.29, 0.717) is 31.3 Å². The Morgan fingerprint density at radius 3 is 2.87 bits per heavy atom. The summed E-state index contributed by atoms with van der Waals surface area (Å²) in [5.74, 6) is 0.838. The maximum Gasteiger partial charge on any atom is 0.276 e. The molecular weight excluding hydrogens is 300 g/mol. The average Bonchev–Trinajstić information content (AvgIpc) is 3.35. The van der Waals surface area contributed by atoms with Gasteiger partial charge in [-0.25, -0.2) is 0 Å². The summed E-state index contributed by atoms with van der Waals surface area (Å²) < 4.78 is 21.7. The van der Waals surface area contributed by atoms with Gasteiger partial charge >= 0.3 is 0 Å². The number of likely N-dealkylation sites (tertiary alicyclic amines) is 1. The van der Waals surface area contributed by atoms with E-state index in [0.717, 1.165) is 19.3 Å². The second kappa shape index (κ2) is 6.17. The highest BCUT2D eigenvalue weighted by atomic mass is 16.7. The van der Waals surface area contributed by atoms with Crippen molar-refractivity contribution in [1.82, 2.24) is 10.1 Å². The van der Waals surface area contributed by atoms with E-state index in [9.17, 15) is 4.79 Å². The number of amides is 1. The molecule has 23 heavy (non-hydrogen) atoms. The first-order valence-corrected chi connectivity index (χ1v) is 7.88. The molecular formula is C16H18N2O5. The first-order valence-electron chi connectivity index (χ1n) is 7.88. The molecule has 2 aromatic rings. The Hall–Kier alpha value is -2.12. The van der Waals surface area contributed by atoms with Gasteiger partial charge in [0, 0.05) is 12.6 Å². The van der Waals surface area contributed by atoms with E-state index >= 15 is 0 Å². The van der Waals surface area contributed by atoms with E-state index in [1.165, 1.54) is 0 Å². The van der Waals surface area contributed by atoms with Crippen LogP contribution in [0.4, 0.5) is 0 Å². The first-order chi connectivity index (χ1) is 11.3. The van der Waals surface area contributed by atoms with Gasteiger partial charge in [0.2, 0.25) is 5.76 Å². The molecule has 4 rings (SSSR count). The van der Waals surface area contributed by atoms with Crippen molar-refractivity contribution < 1.29 is 23.2 Å². The summed E-state index contributed by atoms with van der Waals surface area (Å²) in [4.78, 5) is 14.6. The molecule has 2 saturated heterocycles. The summed E-state index contributed by atoms with van der Waals surface area (Å²) in [5, 5.41) is 3.90. The minimum atomic E-state index is -0.337. The Bertz CT molecular complexity index is 660. The number of nitrogens with zero attached hydrogens (tertiary/aromatic N) is 2. The molecule has 2 aliphatic rings. The standard InChI is InChI=1S/C16H18N2O5/c19-15(11-10-14(23-17-11)13-5-3-7-20-13)18-6-2-1-4-12(18)16-21-8-9-22-16/h3,5,7,10,12,16H,1-2,4,6,8-9H2. The number of furan rings is 1. The van der Waals surface area contributed by atoms with Crippen LogP contribution < -0.4 is 0 Å². The maximum atomic E-state index is 12.8. The van der Waals surface area contributed by atoms with Gasteiger partial charge in [-0.15, -0.1) is 0 Å². The zero-order chi connectivity index (χ0) is 15.6. The molecule has 122 valence electrons. The molecule has 4 heterocycles. The SMILES string of the molecule is O=C(c1cc(-c2ccco2)on1)N1CCCCC1C1OCCO1. The minimum absolute atomic E-state index is 0.0671. The smallest absolute Gasteiger partial charge is 0.276 e. The molecule has 0 radical (unpaired) electrons. The lowest BCUT2D eigenvalue weighted by Crippen LogP contribution is -2.50.